The molecule has 1 heterocycles. The first-order valence-corrected chi connectivity index (χ1v) is 15.8. The highest BCUT2D eigenvalue weighted by atomic mass is 79.9. The highest BCUT2D eigenvalue weighted by molar-refractivity contribution is 8.93. The number of carbonyl (C=O) groups is 2. The third-order valence-electron chi connectivity index (χ3n) is 12.9. The van der Waals surface area contributed by atoms with Gasteiger partial charge in [-0.15, -0.1) is 17.0 Å². The molecule has 0 amide bonds. The van der Waals surface area contributed by atoms with Crippen molar-refractivity contribution in [3.63, 3.8) is 0 Å². The van der Waals surface area contributed by atoms with Crippen molar-refractivity contribution >= 4 is 28.9 Å². The van der Waals surface area contributed by atoms with Crippen molar-refractivity contribution in [2.75, 3.05) is 48.6 Å². The van der Waals surface area contributed by atoms with Crippen LogP contribution in [-0.2, 0) is 33.2 Å². The summed E-state index contributed by atoms with van der Waals surface area (Å²) < 4.78 is 37.2. The number of aliphatic hydroxyl groups is 3. The second-order valence-corrected chi connectivity index (χ2v) is 14.3. The molecule has 1 aromatic carbocycles. The molecule has 6 aliphatic rings. The maximum Gasteiger partial charge on any atom is 0.338 e. The van der Waals surface area contributed by atoms with Crippen LogP contribution in [0.4, 0.5) is 0 Å². The number of rotatable bonds is 8. The van der Waals surface area contributed by atoms with Crippen molar-refractivity contribution in [1.29, 1.82) is 0 Å². The number of benzene rings is 1. The number of likely N-dealkylation sites (tertiary alicyclic amines) is 1. The van der Waals surface area contributed by atoms with E-state index in [1.54, 1.807) is 51.7 Å². The lowest BCUT2D eigenvalue weighted by molar-refractivity contribution is -0.321. The molecule has 1 unspecified atom stereocenters. The first kappa shape index (κ1) is 34.2. The van der Waals surface area contributed by atoms with Gasteiger partial charge in [-0.1, -0.05) is 18.2 Å². The minimum atomic E-state index is -1.83. The standard InChI is InChI=1S/C33H45NO11.BrH/c1-16(35)45-33-21-18(13-31(39,28(43-6)26(33)37)27(21)44-29(38)17-10-8-7-9-11-17)32-20(41-4)12-19(36)30(15-40-3)14-34(2)25(32)22(33)23(42-5)24(30)32;/h7-11,18-28,36-37,39H,12-15H2,1-6H3;1H/t18-,19-,20+,21-,22+,23+,24-,25?,26+,27-,28+,30+,31-,32+,33-;/m1./s1. The topological polar surface area (TPSA) is 153 Å². The summed E-state index contributed by atoms with van der Waals surface area (Å²) in [4.78, 5) is 29.1. The van der Waals surface area contributed by atoms with Crippen LogP contribution in [0.2, 0.25) is 0 Å². The molecule has 0 aromatic heterocycles. The number of nitrogens with zero attached hydrogens (tertiary/aromatic N) is 1. The van der Waals surface area contributed by atoms with Gasteiger partial charge in [0, 0.05) is 83.0 Å². The Kier molecular flexibility index (Phi) is 8.51. The predicted octanol–water partition coefficient (Wildman–Crippen LogP) is 0.836. The number of piperidine rings is 1. The minimum Gasteiger partial charge on any atom is -0.455 e. The zero-order valence-corrected chi connectivity index (χ0v) is 28.7. The molecule has 5 aliphatic carbocycles. The molecule has 1 saturated heterocycles. The van der Waals surface area contributed by atoms with Crippen molar-refractivity contribution in [2.24, 2.45) is 34.5 Å². The van der Waals surface area contributed by atoms with Crippen molar-refractivity contribution in [1.82, 2.24) is 4.90 Å². The molecule has 1 aliphatic heterocycles. The number of aliphatic hydroxyl groups excluding tert-OH is 2. The van der Waals surface area contributed by atoms with Crippen LogP contribution in [-0.4, -0.2) is 135 Å². The Balaban J connectivity index is 0.00000372. The van der Waals surface area contributed by atoms with Crippen LogP contribution >= 0.6 is 17.0 Å². The molecule has 12 nitrogen and oxygen atoms in total. The van der Waals surface area contributed by atoms with E-state index in [0.29, 0.717) is 18.5 Å². The van der Waals surface area contributed by atoms with Gasteiger partial charge in [0.2, 0.25) is 0 Å². The van der Waals surface area contributed by atoms with Crippen LogP contribution in [0.15, 0.2) is 30.3 Å². The molecule has 5 saturated carbocycles. The Morgan fingerprint density at radius 3 is 2.28 bits per heavy atom. The van der Waals surface area contributed by atoms with E-state index < -0.39 is 88.3 Å². The Labute approximate surface area is 279 Å². The summed E-state index contributed by atoms with van der Waals surface area (Å²) in [5.74, 6) is -3.66. The van der Waals surface area contributed by atoms with Gasteiger partial charge in [-0.3, -0.25) is 4.79 Å². The molecule has 46 heavy (non-hydrogen) atoms. The van der Waals surface area contributed by atoms with E-state index in [1.807, 2.05) is 7.05 Å². The highest BCUT2D eigenvalue weighted by Crippen LogP contribution is 2.80. The van der Waals surface area contributed by atoms with Crippen LogP contribution in [0.1, 0.15) is 30.1 Å². The second-order valence-electron chi connectivity index (χ2n) is 14.3. The molecular weight excluding hydrogens is 666 g/mol. The number of fused-ring (bicyclic) bond motifs is 2. The van der Waals surface area contributed by atoms with E-state index in [2.05, 4.69) is 4.90 Å². The molecule has 7 rings (SSSR count). The zero-order chi connectivity index (χ0) is 32.3. The van der Waals surface area contributed by atoms with Crippen LogP contribution in [0.5, 0.6) is 0 Å². The van der Waals surface area contributed by atoms with Crippen molar-refractivity contribution < 1.29 is 53.3 Å². The molecule has 1 spiro atoms. The van der Waals surface area contributed by atoms with Crippen molar-refractivity contribution in [3.8, 4) is 0 Å². The largest absolute Gasteiger partial charge is 0.455 e. The second kappa shape index (κ2) is 11.4. The molecule has 15 atom stereocenters. The average molecular weight is 713 g/mol. The van der Waals surface area contributed by atoms with E-state index in [1.165, 1.54) is 14.0 Å². The van der Waals surface area contributed by atoms with Gasteiger partial charge in [0.25, 0.3) is 0 Å². The number of methoxy groups -OCH3 is 4. The van der Waals surface area contributed by atoms with Gasteiger partial charge in [0.15, 0.2) is 5.60 Å². The van der Waals surface area contributed by atoms with Crippen molar-refractivity contribution in [2.45, 2.75) is 73.6 Å². The van der Waals surface area contributed by atoms with Gasteiger partial charge in [0.1, 0.15) is 23.9 Å². The first-order valence-electron chi connectivity index (χ1n) is 15.8. The fraction of sp³-hybridized carbons (Fsp3) is 0.758. The Morgan fingerprint density at radius 1 is 1.00 bits per heavy atom. The van der Waals surface area contributed by atoms with Crippen LogP contribution in [0.3, 0.4) is 0 Å². The van der Waals surface area contributed by atoms with E-state index >= 15 is 0 Å². The maximum absolute atomic E-state index is 13.7. The van der Waals surface area contributed by atoms with E-state index in [9.17, 15) is 24.9 Å². The van der Waals surface area contributed by atoms with Crippen LogP contribution in [0.25, 0.3) is 0 Å². The Morgan fingerprint density at radius 2 is 1.70 bits per heavy atom. The van der Waals surface area contributed by atoms with Crippen molar-refractivity contribution in [3.05, 3.63) is 35.9 Å². The van der Waals surface area contributed by atoms with E-state index in [4.69, 9.17) is 28.4 Å². The van der Waals surface area contributed by atoms with Crippen LogP contribution in [0, 0.1) is 34.5 Å². The summed E-state index contributed by atoms with van der Waals surface area (Å²) in [6.07, 6.45) is -5.50. The monoisotopic (exact) mass is 711 g/mol. The minimum absolute atomic E-state index is 0. The summed E-state index contributed by atoms with van der Waals surface area (Å²) in [5, 5.41) is 37.0. The van der Waals surface area contributed by atoms with Gasteiger partial charge in [-0.05, 0) is 31.5 Å². The van der Waals surface area contributed by atoms with Gasteiger partial charge in [-0.25, -0.2) is 4.79 Å². The van der Waals surface area contributed by atoms with Gasteiger partial charge in [0.05, 0.1) is 30.5 Å². The maximum atomic E-state index is 13.7. The normalized spacial score (nSPS) is 49.6. The Hall–Kier alpha value is -1.68. The van der Waals surface area contributed by atoms with Gasteiger partial charge in [-0.2, -0.15) is 0 Å². The van der Waals surface area contributed by atoms with Gasteiger partial charge >= 0.3 is 11.9 Å². The summed E-state index contributed by atoms with van der Waals surface area (Å²) >= 11 is 0. The summed E-state index contributed by atoms with van der Waals surface area (Å²) in [5.41, 5.74) is -4.79. The average Bonchev–Trinajstić information content (AvgIpc) is 3.40. The van der Waals surface area contributed by atoms with E-state index in [0.717, 1.165) is 0 Å². The smallest absolute Gasteiger partial charge is 0.338 e. The summed E-state index contributed by atoms with van der Waals surface area (Å²) in [7, 11) is 8.20. The molecule has 256 valence electrons. The lowest BCUT2D eigenvalue weighted by Crippen LogP contribution is -2.81. The SMILES string of the molecule is Br.COC[C@]12CN(C)C3[C@@H]4[C@H](OC)[C@H]1[C@@]3([C@@H](OC)C[C@H]2O)[C@@H]1C[C@@]2(O)[C@H](OC(=O)c3ccccc3)[C@@H]1[C@]4(OC(C)=O)[C@@H](O)[C@@H]2OC. The number of halogens is 1. The molecule has 6 fully saturated rings. The summed E-state index contributed by atoms with van der Waals surface area (Å²) in [6.45, 7) is 2.00. The van der Waals surface area contributed by atoms with E-state index in [-0.39, 0.29) is 42.0 Å². The number of esters is 2. The number of ether oxygens (including phenoxy) is 6. The summed E-state index contributed by atoms with van der Waals surface area (Å²) in [6, 6.07) is 8.15. The highest BCUT2D eigenvalue weighted by Gasteiger charge is 2.92. The Bertz CT molecular complexity index is 1350. The number of carbonyl (C=O) groups excluding carboxylic acids is 2. The molecule has 3 N–H and O–H groups in total. The first-order chi connectivity index (χ1) is 21.4. The number of hydrogen-bond acceptors (Lipinski definition) is 12. The lowest BCUT2D eigenvalue weighted by Gasteiger charge is -2.70. The predicted molar refractivity (Wildman–Crippen MR) is 166 cm³/mol. The molecule has 7 bridgehead atoms. The molecular formula is C33H46BrNO11. The third kappa shape index (κ3) is 3.83. The molecule has 13 heteroatoms. The van der Waals surface area contributed by atoms with Crippen LogP contribution < -0.4 is 0 Å². The molecule has 1 aromatic rings. The fourth-order valence-corrected chi connectivity index (χ4v) is 12.2. The zero-order valence-electron chi connectivity index (χ0n) is 27.0. The fourth-order valence-electron chi connectivity index (χ4n) is 12.2. The lowest BCUT2D eigenvalue weighted by atomic mass is 9.42. The third-order valence-corrected chi connectivity index (χ3v) is 12.9. The van der Waals surface area contributed by atoms with Gasteiger partial charge < -0.3 is 48.6 Å². The number of hydrogen-bond donors (Lipinski definition) is 3. The quantitative estimate of drug-likeness (QED) is 0.328. The molecule has 0 radical (unpaired) electrons.